The molecule has 3 aromatic rings. The topological polar surface area (TPSA) is 80.7 Å². The fraction of sp³-hybridized carbons (Fsp3) is 0.0952. The van der Waals surface area contributed by atoms with Gasteiger partial charge in [-0.3, -0.25) is 14.4 Å². The van der Waals surface area contributed by atoms with Gasteiger partial charge < -0.3 is 9.84 Å². The van der Waals surface area contributed by atoms with Crippen LogP contribution in [0.15, 0.2) is 48.5 Å². The molecule has 7 heteroatoms. The third-order valence-corrected chi connectivity index (χ3v) is 4.96. The summed E-state index contributed by atoms with van der Waals surface area (Å²) in [5.74, 6) is -1.16. The van der Waals surface area contributed by atoms with Gasteiger partial charge >= 0.3 is 0 Å². The summed E-state index contributed by atoms with van der Waals surface area (Å²) in [5, 5.41) is 10.9. The Labute approximate surface area is 180 Å². The van der Waals surface area contributed by atoms with Crippen LogP contribution in [-0.2, 0) is 0 Å². The summed E-state index contributed by atoms with van der Waals surface area (Å²) in [6.07, 6.45) is 0. The maximum absolute atomic E-state index is 13.2. The van der Waals surface area contributed by atoms with E-state index in [1.165, 1.54) is 12.1 Å². The molecular formula is C21H14ClIO5. The normalized spacial score (nSPS) is 12.2. The number of rotatable bonds is 4. The third kappa shape index (κ3) is 3.11. The van der Waals surface area contributed by atoms with Gasteiger partial charge in [-0.2, -0.15) is 0 Å². The monoisotopic (exact) mass is 508 g/mol. The molecule has 0 spiro atoms. The third-order valence-electron chi connectivity index (χ3n) is 4.65. The van der Waals surface area contributed by atoms with Crippen molar-refractivity contribution in [1.82, 2.24) is 0 Å². The molecule has 3 aromatic carbocycles. The Balaban J connectivity index is 0.00000225. The number of hydrogen-bond acceptors (Lipinski definition) is 5. The van der Waals surface area contributed by atoms with Crippen molar-refractivity contribution < 1.29 is 24.2 Å². The number of ether oxygens (including phenoxy) is 1. The highest BCUT2D eigenvalue weighted by atomic mass is 127. The first kappa shape index (κ1) is 20.4. The van der Waals surface area contributed by atoms with Gasteiger partial charge in [0, 0.05) is 16.7 Å². The average Bonchev–Trinajstić information content (AvgIpc) is 2.70. The highest BCUT2D eigenvalue weighted by Gasteiger charge is 2.34. The maximum atomic E-state index is 13.2. The van der Waals surface area contributed by atoms with E-state index in [9.17, 15) is 19.5 Å². The molecule has 0 bridgehead atoms. The van der Waals surface area contributed by atoms with Crippen LogP contribution in [0, 0.1) is 0 Å². The number of ketones is 3. The summed E-state index contributed by atoms with van der Waals surface area (Å²) in [6.45, 7) is -0.709. The molecule has 0 unspecified atom stereocenters. The largest absolute Gasteiger partial charge is 0.482 e. The van der Waals surface area contributed by atoms with E-state index >= 15 is 0 Å². The Morgan fingerprint density at radius 2 is 1.54 bits per heavy atom. The SMILES string of the molecule is Cl.O=C(CO)c1ccc2c(c1OCI)C(=O)c1cc3ccccc3cc1C2=O. The molecule has 0 amide bonds. The zero-order valence-corrected chi connectivity index (χ0v) is 17.4. The standard InChI is InChI=1S/C21H13IO5.ClH/c22-10-27-21-13(17(24)9-23)5-6-14-18(21)20(26)16-8-12-4-2-1-3-11(12)7-15(16)19(14)25;/h1-8,23H,9-10H2;1H. The van der Waals surface area contributed by atoms with E-state index in [1.807, 2.05) is 46.9 Å². The number of carbonyl (C=O) groups is 3. The molecule has 0 heterocycles. The van der Waals surface area contributed by atoms with Crippen molar-refractivity contribution in [3.05, 3.63) is 76.3 Å². The first-order valence-corrected chi connectivity index (χ1v) is 9.71. The highest BCUT2D eigenvalue weighted by Crippen LogP contribution is 2.37. The van der Waals surface area contributed by atoms with E-state index in [0.29, 0.717) is 5.56 Å². The van der Waals surface area contributed by atoms with E-state index in [2.05, 4.69) is 0 Å². The van der Waals surface area contributed by atoms with Crippen LogP contribution in [0.4, 0.5) is 0 Å². The summed E-state index contributed by atoms with van der Waals surface area (Å²) in [6, 6.07) is 13.8. The molecule has 0 aliphatic heterocycles. The average molecular weight is 509 g/mol. The summed E-state index contributed by atoms with van der Waals surface area (Å²) < 4.78 is 5.75. The summed E-state index contributed by atoms with van der Waals surface area (Å²) in [7, 11) is 0. The number of carbonyl (C=O) groups excluding carboxylic acids is 3. The molecule has 0 atom stereocenters. The zero-order valence-electron chi connectivity index (χ0n) is 14.4. The number of aliphatic hydroxyl groups excluding tert-OH is 1. The molecular weight excluding hydrogens is 495 g/mol. The van der Waals surface area contributed by atoms with Gasteiger partial charge in [0.05, 0.1) is 11.1 Å². The van der Waals surface area contributed by atoms with Crippen LogP contribution in [0.1, 0.15) is 42.2 Å². The smallest absolute Gasteiger partial charge is 0.198 e. The lowest BCUT2D eigenvalue weighted by atomic mass is 9.81. The maximum Gasteiger partial charge on any atom is 0.198 e. The highest BCUT2D eigenvalue weighted by molar-refractivity contribution is 14.1. The van der Waals surface area contributed by atoms with Gasteiger partial charge in [-0.25, -0.2) is 0 Å². The van der Waals surface area contributed by atoms with Crippen LogP contribution in [-0.4, -0.2) is 33.7 Å². The van der Waals surface area contributed by atoms with Crippen molar-refractivity contribution >= 4 is 63.1 Å². The van der Waals surface area contributed by atoms with E-state index in [0.717, 1.165) is 10.8 Å². The molecule has 1 aliphatic rings. The van der Waals surface area contributed by atoms with Crippen LogP contribution in [0.25, 0.3) is 10.8 Å². The van der Waals surface area contributed by atoms with Crippen molar-refractivity contribution in [1.29, 1.82) is 0 Å². The van der Waals surface area contributed by atoms with Crippen molar-refractivity contribution in [2.24, 2.45) is 0 Å². The predicted molar refractivity (Wildman–Crippen MR) is 115 cm³/mol. The van der Waals surface area contributed by atoms with Gasteiger partial charge in [0.25, 0.3) is 0 Å². The number of aliphatic hydroxyl groups is 1. The fourth-order valence-corrected chi connectivity index (χ4v) is 3.71. The van der Waals surface area contributed by atoms with Crippen LogP contribution in [0.5, 0.6) is 5.75 Å². The molecule has 5 nitrogen and oxygen atoms in total. The summed E-state index contributed by atoms with van der Waals surface area (Å²) >= 11 is 1.95. The quantitative estimate of drug-likeness (QED) is 0.256. The summed E-state index contributed by atoms with van der Waals surface area (Å²) in [4.78, 5) is 38.4. The minimum absolute atomic E-state index is 0. The van der Waals surface area contributed by atoms with Gasteiger partial charge in [-0.1, -0.05) is 24.3 Å². The number of fused-ring (bicyclic) bond motifs is 3. The lowest BCUT2D eigenvalue weighted by molar-refractivity contribution is 0.0899. The molecule has 0 saturated heterocycles. The van der Waals surface area contributed by atoms with Crippen LogP contribution >= 0.6 is 35.0 Å². The molecule has 4 rings (SSSR count). The number of halogens is 2. The van der Waals surface area contributed by atoms with Gasteiger partial charge in [0.1, 0.15) is 17.0 Å². The molecule has 0 aromatic heterocycles. The van der Waals surface area contributed by atoms with E-state index in [1.54, 1.807) is 12.1 Å². The molecule has 28 heavy (non-hydrogen) atoms. The summed E-state index contributed by atoms with van der Waals surface area (Å²) in [5.41, 5.74) is 1.01. The first-order valence-electron chi connectivity index (χ1n) is 8.18. The van der Waals surface area contributed by atoms with Gasteiger partial charge in [-0.05, 0) is 57.6 Å². The van der Waals surface area contributed by atoms with Gasteiger partial charge in [0.2, 0.25) is 0 Å². The van der Waals surface area contributed by atoms with E-state index in [4.69, 9.17) is 4.74 Å². The molecule has 0 radical (unpaired) electrons. The molecule has 0 fully saturated rings. The second-order valence-corrected chi connectivity index (χ2v) is 6.73. The molecule has 1 N–H and O–H groups in total. The lowest BCUT2D eigenvalue weighted by Crippen LogP contribution is -2.23. The minimum atomic E-state index is -0.709. The second-order valence-electron chi connectivity index (χ2n) is 6.10. The first-order chi connectivity index (χ1) is 13.1. The van der Waals surface area contributed by atoms with Crippen LogP contribution < -0.4 is 4.74 Å². The zero-order chi connectivity index (χ0) is 19.1. The fourth-order valence-electron chi connectivity index (χ4n) is 3.40. The minimum Gasteiger partial charge on any atom is -0.482 e. The van der Waals surface area contributed by atoms with Crippen molar-refractivity contribution in [3.63, 3.8) is 0 Å². The number of alkyl halides is 1. The molecule has 1 aliphatic carbocycles. The Hall–Kier alpha value is -2.29. The van der Waals surface area contributed by atoms with Gasteiger partial charge in [-0.15, -0.1) is 12.4 Å². The molecule has 142 valence electrons. The number of benzene rings is 3. The van der Waals surface area contributed by atoms with E-state index < -0.39 is 12.4 Å². The van der Waals surface area contributed by atoms with Crippen molar-refractivity contribution in [3.8, 4) is 5.75 Å². The lowest BCUT2D eigenvalue weighted by Gasteiger charge is -2.22. The number of Topliss-reactive ketones (excluding diaryl/α,β-unsaturated/α-hetero) is 1. The number of hydrogen-bond donors (Lipinski definition) is 1. The van der Waals surface area contributed by atoms with Gasteiger partial charge in [0.15, 0.2) is 17.3 Å². The Morgan fingerprint density at radius 1 is 0.929 bits per heavy atom. The van der Waals surface area contributed by atoms with Crippen LogP contribution in [0.2, 0.25) is 0 Å². The van der Waals surface area contributed by atoms with E-state index in [-0.39, 0.29) is 56.6 Å². The van der Waals surface area contributed by atoms with Crippen molar-refractivity contribution in [2.45, 2.75) is 0 Å². The predicted octanol–water partition coefficient (Wildman–Crippen LogP) is 3.98. The van der Waals surface area contributed by atoms with Crippen molar-refractivity contribution in [2.75, 3.05) is 11.2 Å². The molecule has 0 saturated carbocycles. The second kappa shape index (κ2) is 7.98. The Kier molecular flexibility index (Phi) is 5.83. The van der Waals surface area contributed by atoms with Crippen LogP contribution in [0.3, 0.4) is 0 Å². The Morgan fingerprint density at radius 3 is 2.11 bits per heavy atom. The Bertz CT molecular complexity index is 1140.